The second-order valence-corrected chi connectivity index (χ2v) is 7.08. The Morgan fingerprint density at radius 3 is 1.73 bits per heavy atom. The number of hydrogen-bond donors (Lipinski definition) is 0. The van der Waals surface area contributed by atoms with E-state index in [4.69, 9.17) is 9.98 Å². The zero-order valence-electron chi connectivity index (χ0n) is 17.1. The molecule has 0 N–H and O–H groups in total. The summed E-state index contributed by atoms with van der Waals surface area (Å²) in [6.07, 6.45) is 0. The Kier molecular flexibility index (Phi) is 6.08. The maximum atomic E-state index is 4.88. The van der Waals surface area contributed by atoms with Gasteiger partial charge in [-0.3, -0.25) is 0 Å². The third-order valence-electron chi connectivity index (χ3n) is 3.89. The van der Waals surface area contributed by atoms with Crippen molar-refractivity contribution in [2.45, 2.75) is 0 Å². The van der Waals surface area contributed by atoms with Gasteiger partial charge in [0.1, 0.15) is 0 Å². The molecule has 140 valence electrons. The van der Waals surface area contributed by atoms with Crippen LogP contribution in [0.15, 0.2) is 46.4 Å². The summed E-state index contributed by atoms with van der Waals surface area (Å²) in [7, 11) is 16.0. The second kappa shape index (κ2) is 8.08. The van der Waals surface area contributed by atoms with Crippen LogP contribution in [0, 0.1) is 0 Å². The minimum atomic E-state index is 0.896. The van der Waals surface area contributed by atoms with Gasteiger partial charge in [-0.25, -0.2) is 9.98 Å². The molecular formula is C20H30N6. The lowest BCUT2D eigenvalue weighted by Gasteiger charge is -2.23. The number of nitrogens with zero attached hydrogens (tertiary/aromatic N) is 6. The molecule has 0 aliphatic carbocycles. The average Bonchev–Trinajstić information content (AvgIpc) is 2.56. The van der Waals surface area contributed by atoms with Gasteiger partial charge in [-0.05, 0) is 23.6 Å². The maximum absolute atomic E-state index is 4.88. The molecule has 0 atom stereocenters. The fourth-order valence-electron chi connectivity index (χ4n) is 2.83. The Morgan fingerprint density at radius 2 is 1.19 bits per heavy atom. The second-order valence-electron chi connectivity index (χ2n) is 7.08. The van der Waals surface area contributed by atoms with Gasteiger partial charge in [0.05, 0.1) is 11.4 Å². The van der Waals surface area contributed by atoms with E-state index in [1.54, 1.807) is 0 Å². The van der Waals surface area contributed by atoms with E-state index in [1.165, 1.54) is 0 Å². The van der Waals surface area contributed by atoms with E-state index in [1.807, 2.05) is 94.2 Å². The van der Waals surface area contributed by atoms with Gasteiger partial charge in [0.15, 0.2) is 0 Å². The van der Waals surface area contributed by atoms with Crippen LogP contribution in [0.2, 0.25) is 0 Å². The van der Waals surface area contributed by atoms with E-state index in [9.17, 15) is 0 Å². The fourth-order valence-corrected chi connectivity index (χ4v) is 2.83. The lowest BCUT2D eigenvalue weighted by atomic mass is 10.1. The van der Waals surface area contributed by atoms with Crippen molar-refractivity contribution in [2.75, 3.05) is 56.4 Å². The van der Waals surface area contributed by atoms with Crippen molar-refractivity contribution in [1.82, 2.24) is 19.6 Å². The minimum absolute atomic E-state index is 0.896. The third kappa shape index (κ3) is 4.45. The number of hydrogen-bond acceptors (Lipinski definition) is 2. The predicted octanol–water partition coefficient (Wildman–Crippen LogP) is 3.06. The van der Waals surface area contributed by atoms with Crippen molar-refractivity contribution in [3.8, 4) is 0 Å². The summed E-state index contributed by atoms with van der Waals surface area (Å²) in [5, 5.41) is 2.24. The first-order chi connectivity index (χ1) is 12.2. The third-order valence-corrected chi connectivity index (χ3v) is 3.89. The van der Waals surface area contributed by atoms with Gasteiger partial charge in [0, 0.05) is 61.8 Å². The summed E-state index contributed by atoms with van der Waals surface area (Å²) < 4.78 is 0. The van der Waals surface area contributed by atoms with Gasteiger partial charge in [-0.2, -0.15) is 0 Å². The van der Waals surface area contributed by atoms with Crippen LogP contribution in [0.25, 0.3) is 10.8 Å². The largest absolute Gasteiger partial charge is 0.349 e. The van der Waals surface area contributed by atoms with E-state index in [0.29, 0.717) is 0 Å². The van der Waals surface area contributed by atoms with Crippen molar-refractivity contribution >= 4 is 34.1 Å². The molecule has 0 unspecified atom stereocenters. The normalized spacial score (nSPS) is 10.3. The van der Waals surface area contributed by atoms with E-state index >= 15 is 0 Å². The monoisotopic (exact) mass is 354 g/mol. The molecule has 0 aliphatic heterocycles. The Labute approximate surface area is 157 Å². The van der Waals surface area contributed by atoms with Gasteiger partial charge in [0.25, 0.3) is 0 Å². The van der Waals surface area contributed by atoms with Gasteiger partial charge in [-0.15, -0.1) is 0 Å². The van der Waals surface area contributed by atoms with Crippen molar-refractivity contribution in [2.24, 2.45) is 9.98 Å². The molecule has 2 aromatic rings. The first kappa shape index (κ1) is 19.6. The molecule has 0 spiro atoms. The van der Waals surface area contributed by atoms with Crippen LogP contribution in [0.1, 0.15) is 0 Å². The summed E-state index contributed by atoms with van der Waals surface area (Å²) in [6, 6.07) is 12.4. The molecule has 0 aromatic heterocycles. The van der Waals surface area contributed by atoms with Crippen LogP contribution in [0.4, 0.5) is 11.4 Å². The molecule has 2 rings (SSSR count). The molecule has 0 saturated heterocycles. The minimum Gasteiger partial charge on any atom is -0.349 e. The first-order valence-electron chi connectivity index (χ1n) is 8.60. The smallest absolute Gasteiger partial charge is 0.200 e. The molecule has 0 fully saturated rings. The van der Waals surface area contributed by atoms with Crippen molar-refractivity contribution in [3.63, 3.8) is 0 Å². The molecular weight excluding hydrogens is 324 g/mol. The number of aliphatic imine (C=N–C) groups is 2. The van der Waals surface area contributed by atoms with Gasteiger partial charge < -0.3 is 19.6 Å². The summed E-state index contributed by atoms with van der Waals surface area (Å²) in [5.74, 6) is 1.79. The lowest BCUT2D eigenvalue weighted by molar-refractivity contribution is 0.484. The molecule has 26 heavy (non-hydrogen) atoms. The van der Waals surface area contributed by atoms with Crippen LogP contribution in [-0.4, -0.2) is 87.9 Å². The highest BCUT2D eigenvalue weighted by Gasteiger charge is 2.09. The quantitative estimate of drug-likeness (QED) is 0.614. The van der Waals surface area contributed by atoms with Crippen LogP contribution in [-0.2, 0) is 0 Å². The van der Waals surface area contributed by atoms with Crippen LogP contribution in [0.5, 0.6) is 0 Å². The highest BCUT2D eigenvalue weighted by atomic mass is 15.3. The van der Waals surface area contributed by atoms with Gasteiger partial charge in [0.2, 0.25) is 11.9 Å². The predicted molar refractivity (Wildman–Crippen MR) is 113 cm³/mol. The zero-order chi connectivity index (χ0) is 19.4. The molecule has 0 amide bonds. The molecule has 0 aliphatic rings. The molecule has 2 aromatic carbocycles. The fraction of sp³-hybridized carbons (Fsp3) is 0.400. The Hall–Kier alpha value is -2.76. The highest BCUT2D eigenvalue weighted by Crippen LogP contribution is 2.30. The van der Waals surface area contributed by atoms with Crippen molar-refractivity contribution in [3.05, 3.63) is 36.4 Å². The average molecular weight is 355 g/mol. The van der Waals surface area contributed by atoms with Crippen molar-refractivity contribution < 1.29 is 0 Å². The SMILES string of the molecule is CN(C)C(=Nc1ccc2cccc(N=C(N(C)C)N(C)C)c2c1)N(C)C. The molecule has 6 nitrogen and oxygen atoms in total. The maximum Gasteiger partial charge on any atom is 0.200 e. The van der Waals surface area contributed by atoms with Crippen molar-refractivity contribution in [1.29, 1.82) is 0 Å². The topological polar surface area (TPSA) is 37.7 Å². The number of guanidine groups is 2. The highest BCUT2D eigenvalue weighted by molar-refractivity contribution is 5.97. The van der Waals surface area contributed by atoms with E-state index in [2.05, 4.69) is 18.2 Å². The number of benzene rings is 2. The van der Waals surface area contributed by atoms with E-state index < -0.39 is 0 Å². The number of fused-ring (bicyclic) bond motifs is 1. The molecule has 6 heteroatoms. The Morgan fingerprint density at radius 1 is 0.654 bits per heavy atom. The molecule has 0 radical (unpaired) electrons. The van der Waals surface area contributed by atoms with Gasteiger partial charge >= 0.3 is 0 Å². The first-order valence-corrected chi connectivity index (χ1v) is 8.60. The van der Waals surface area contributed by atoms with Crippen LogP contribution < -0.4 is 0 Å². The number of rotatable bonds is 2. The molecule has 0 heterocycles. The molecule has 0 saturated carbocycles. The Balaban J connectivity index is 2.61. The van der Waals surface area contributed by atoms with Crippen LogP contribution in [0.3, 0.4) is 0 Å². The summed E-state index contributed by atoms with van der Waals surface area (Å²) in [4.78, 5) is 17.7. The van der Waals surface area contributed by atoms with E-state index in [0.717, 1.165) is 34.1 Å². The molecule has 0 bridgehead atoms. The lowest BCUT2D eigenvalue weighted by Crippen LogP contribution is -2.35. The summed E-state index contributed by atoms with van der Waals surface area (Å²) in [6.45, 7) is 0. The summed E-state index contributed by atoms with van der Waals surface area (Å²) in [5.41, 5.74) is 1.85. The zero-order valence-corrected chi connectivity index (χ0v) is 17.1. The van der Waals surface area contributed by atoms with E-state index in [-0.39, 0.29) is 0 Å². The standard InChI is InChI=1S/C20H30N6/c1-23(2)19(24(3)4)21-16-13-12-15-10-9-11-18(17(15)14-16)22-20(25(5)6)26(7)8/h9-14H,1-8H3. The van der Waals surface area contributed by atoms with Gasteiger partial charge in [-0.1, -0.05) is 18.2 Å². The van der Waals surface area contributed by atoms with Crippen LogP contribution >= 0.6 is 0 Å². The summed E-state index contributed by atoms with van der Waals surface area (Å²) >= 11 is 0. The Bertz CT molecular complexity index is 798.